The number of rotatable bonds is 6. The van der Waals surface area contributed by atoms with Crippen LogP contribution in [0.2, 0.25) is 5.02 Å². The van der Waals surface area contributed by atoms with Gasteiger partial charge in [0.25, 0.3) is 0 Å². The van der Waals surface area contributed by atoms with Crippen LogP contribution in [0.5, 0.6) is 0 Å². The van der Waals surface area contributed by atoms with Gasteiger partial charge in [-0.2, -0.15) is 0 Å². The van der Waals surface area contributed by atoms with Crippen LogP contribution in [0.3, 0.4) is 0 Å². The van der Waals surface area contributed by atoms with Crippen LogP contribution in [0, 0.1) is 0 Å². The molecule has 0 bridgehead atoms. The number of likely N-dealkylation sites (N-methyl/N-ethyl adjacent to an activating group) is 1. The predicted molar refractivity (Wildman–Crippen MR) is 96.1 cm³/mol. The smallest absolute Gasteiger partial charge is 0.247 e. The number of amides is 1. The van der Waals surface area contributed by atoms with E-state index in [9.17, 15) is 4.79 Å². The maximum Gasteiger partial charge on any atom is 0.247 e. The van der Waals surface area contributed by atoms with Crippen LogP contribution in [0.25, 0.3) is 11.5 Å². The number of nitrogens with one attached hydrogen (secondary N) is 1. The molecule has 0 atom stereocenters. The molecule has 1 N–H and O–H groups in total. The molecule has 0 radical (unpaired) electrons. The first-order valence-electron chi connectivity index (χ1n) is 7.72. The van der Waals surface area contributed by atoms with Gasteiger partial charge in [0.2, 0.25) is 17.7 Å². The maximum atomic E-state index is 12.1. The van der Waals surface area contributed by atoms with Gasteiger partial charge in [0.15, 0.2) is 0 Å². The third-order valence-electron chi connectivity index (χ3n) is 3.43. The predicted octanol–water partition coefficient (Wildman–Crippen LogP) is 3.46. The van der Waals surface area contributed by atoms with Crippen LogP contribution in [-0.2, 0) is 11.3 Å². The number of nitrogens with zero attached hydrogens (tertiary/aromatic N) is 3. The molecule has 0 aliphatic heterocycles. The lowest BCUT2D eigenvalue weighted by molar-refractivity contribution is -0.117. The molecule has 0 aliphatic carbocycles. The summed E-state index contributed by atoms with van der Waals surface area (Å²) in [6.07, 6.45) is 0. The normalized spacial score (nSPS) is 10.8. The Bertz CT molecular complexity index is 834. The third kappa shape index (κ3) is 4.89. The second-order valence-electron chi connectivity index (χ2n) is 5.59. The van der Waals surface area contributed by atoms with E-state index in [0.29, 0.717) is 29.0 Å². The van der Waals surface area contributed by atoms with E-state index in [-0.39, 0.29) is 12.5 Å². The first kappa shape index (κ1) is 17.1. The molecule has 7 heteroatoms. The quantitative estimate of drug-likeness (QED) is 0.732. The topological polar surface area (TPSA) is 71.3 Å². The van der Waals surface area contributed by atoms with Crippen LogP contribution >= 0.6 is 11.6 Å². The Morgan fingerprint density at radius 3 is 2.56 bits per heavy atom. The van der Waals surface area contributed by atoms with Crippen molar-refractivity contribution in [2.75, 3.05) is 18.9 Å². The minimum Gasteiger partial charge on any atom is -0.419 e. The van der Waals surface area contributed by atoms with Crippen molar-refractivity contribution in [3.8, 4) is 11.5 Å². The molecule has 1 amide bonds. The van der Waals surface area contributed by atoms with Crippen LogP contribution in [0.15, 0.2) is 59.0 Å². The average molecular weight is 357 g/mol. The molecule has 0 aliphatic rings. The summed E-state index contributed by atoms with van der Waals surface area (Å²) >= 11 is 5.82. The molecule has 2 aromatic carbocycles. The first-order chi connectivity index (χ1) is 12.1. The highest BCUT2D eigenvalue weighted by Crippen LogP contribution is 2.17. The second kappa shape index (κ2) is 7.92. The van der Waals surface area contributed by atoms with Crippen molar-refractivity contribution in [1.82, 2.24) is 15.1 Å². The minimum atomic E-state index is -0.132. The molecule has 6 nitrogen and oxygen atoms in total. The summed E-state index contributed by atoms with van der Waals surface area (Å²) in [5, 5.41) is 11.5. The van der Waals surface area contributed by atoms with Crippen molar-refractivity contribution in [3.63, 3.8) is 0 Å². The summed E-state index contributed by atoms with van der Waals surface area (Å²) in [5.41, 5.74) is 1.57. The van der Waals surface area contributed by atoms with E-state index in [1.54, 1.807) is 29.2 Å². The van der Waals surface area contributed by atoms with E-state index >= 15 is 0 Å². The highest BCUT2D eigenvalue weighted by Gasteiger charge is 2.13. The lowest BCUT2D eigenvalue weighted by atomic mass is 10.2. The van der Waals surface area contributed by atoms with E-state index in [2.05, 4.69) is 15.5 Å². The third-order valence-corrected chi connectivity index (χ3v) is 3.69. The lowest BCUT2D eigenvalue weighted by Gasteiger charge is -2.14. The SMILES string of the molecule is CN(CC(=O)Nc1ccc(Cl)cc1)Cc1nnc(-c2ccccc2)o1. The van der Waals surface area contributed by atoms with Gasteiger partial charge < -0.3 is 9.73 Å². The van der Waals surface area contributed by atoms with Gasteiger partial charge in [-0.05, 0) is 43.4 Å². The second-order valence-corrected chi connectivity index (χ2v) is 6.03. The summed E-state index contributed by atoms with van der Waals surface area (Å²) in [6, 6.07) is 16.5. The zero-order valence-corrected chi connectivity index (χ0v) is 14.4. The van der Waals surface area contributed by atoms with Crippen molar-refractivity contribution >= 4 is 23.2 Å². The van der Waals surface area contributed by atoms with Gasteiger partial charge in [-0.25, -0.2) is 0 Å². The number of hydrogen-bond acceptors (Lipinski definition) is 5. The Hall–Kier alpha value is -2.70. The van der Waals surface area contributed by atoms with E-state index in [1.807, 2.05) is 37.4 Å². The van der Waals surface area contributed by atoms with Gasteiger partial charge in [0, 0.05) is 16.3 Å². The van der Waals surface area contributed by atoms with Gasteiger partial charge in [-0.15, -0.1) is 10.2 Å². The molecule has 1 aromatic heterocycles. The number of halogens is 1. The van der Waals surface area contributed by atoms with Gasteiger partial charge in [0.1, 0.15) is 0 Å². The van der Waals surface area contributed by atoms with Gasteiger partial charge in [-0.3, -0.25) is 9.69 Å². The molecule has 3 aromatic rings. The van der Waals surface area contributed by atoms with Gasteiger partial charge in [0.05, 0.1) is 13.1 Å². The molecule has 0 saturated heterocycles. The number of benzene rings is 2. The van der Waals surface area contributed by atoms with Crippen molar-refractivity contribution in [2.45, 2.75) is 6.54 Å². The Balaban J connectivity index is 1.54. The molecule has 0 unspecified atom stereocenters. The van der Waals surface area contributed by atoms with E-state index in [0.717, 1.165) is 5.56 Å². The standard InChI is InChI=1S/C18H17ClN4O2/c1-23(11-16(24)20-15-9-7-14(19)8-10-15)12-17-21-22-18(25-17)13-5-3-2-4-6-13/h2-10H,11-12H2,1H3,(H,20,24). The average Bonchev–Trinajstić information content (AvgIpc) is 3.06. The molecule has 3 rings (SSSR count). The van der Waals surface area contributed by atoms with Crippen LogP contribution in [0.1, 0.15) is 5.89 Å². The fraction of sp³-hybridized carbons (Fsp3) is 0.167. The number of hydrogen-bond donors (Lipinski definition) is 1. The fourth-order valence-electron chi connectivity index (χ4n) is 2.28. The highest BCUT2D eigenvalue weighted by molar-refractivity contribution is 6.30. The molecular weight excluding hydrogens is 340 g/mol. The van der Waals surface area contributed by atoms with E-state index in [4.69, 9.17) is 16.0 Å². The van der Waals surface area contributed by atoms with Crippen molar-refractivity contribution in [1.29, 1.82) is 0 Å². The van der Waals surface area contributed by atoms with Crippen molar-refractivity contribution in [3.05, 3.63) is 65.5 Å². The van der Waals surface area contributed by atoms with Gasteiger partial charge >= 0.3 is 0 Å². The maximum absolute atomic E-state index is 12.1. The molecule has 0 fully saturated rings. The zero-order chi connectivity index (χ0) is 17.6. The van der Waals surface area contributed by atoms with E-state index < -0.39 is 0 Å². The minimum absolute atomic E-state index is 0.132. The van der Waals surface area contributed by atoms with E-state index in [1.165, 1.54) is 0 Å². The zero-order valence-electron chi connectivity index (χ0n) is 13.6. The van der Waals surface area contributed by atoms with Gasteiger partial charge in [-0.1, -0.05) is 29.8 Å². The molecule has 25 heavy (non-hydrogen) atoms. The summed E-state index contributed by atoms with van der Waals surface area (Å²) < 4.78 is 5.64. The van der Waals surface area contributed by atoms with Crippen LogP contribution in [-0.4, -0.2) is 34.6 Å². The fourth-order valence-corrected chi connectivity index (χ4v) is 2.41. The summed E-state index contributed by atoms with van der Waals surface area (Å²) in [5.74, 6) is 0.794. The van der Waals surface area contributed by atoms with Crippen molar-refractivity contribution in [2.24, 2.45) is 0 Å². The Labute approximate surface area is 150 Å². The molecule has 1 heterocycles. The van der Waals surface area contributed by atoms with Crippen molar-refractivity contribution < 1.29 is 9.21 Å². The Kier molecular flexibility index (Phi) is 5.42. The van der Waals surface area contributed by atoms with Crippen LogP contribution < -0.4 is 5.32 Å². The number of anilines is 1. The monoisotopic (exact) mass is 356 g/mol. The molecule has 128 valence electrons. The Morgan fingerprint density at radius 2 is 1.84 bits per heavy atom. The number of carbonyl (C=O) groups excluding carboxylic acids is 1. The highest BCUT2D eigenvalue weighted by atomic mass is 35.5. The summed E-state index contributed by atoms with van der Waals surface area (Å²) in [4.78, 5) is 13.9. The Morgan fingerprint density at radius 1 is 1.12 bits per heavy atom. The van der Waals surface area contributed by atoms with Crippen LogP contribution in [0.4, 0.5) is 5.69 Å². The largest absolute Gasteiger partial charge is 0.419 e. The first-order valence-corrected chi connectivity index (χ1v) is 8.10. The summed E-state index contributed by atoms with van der Waals surface area (Å²) in [6.45, 7) is 0.583. The number of carbonyl (C=O) groups is 1. The lowest BCUT2D eigenvalue weighted by Crippen LogP contribution is -2.29. The molecule has 0 spiro atoms. The molecular formula is C18H17ClN4O2. The molecule has 0 saturated carbocycles. The summed E-state index contributed by atoms with van der Waals surface area (Å²) in [7, 11) is 1.81. The number of aromatic nitrogens is 2.